The van der Waals surface area contributed by atoms with Gasteiger partial charge < -0.3 is 15.0 Å². The van der Waals surface area contributed by atoms with Gasteiger partial charge in [0.1, 0.15) is 11.4 Å². The van der Waals surface area contributed by atoms with Crippen LogP contribution in [0.15, 0.2) is 36.4 Å². The first kappa shape index (κ1) is 19.2. The standard InChI is InChI=1S/C19H15Cl2F3N2O2/c20-11-7-8-14-17(15(11)21)26-9-3-5-12(25-18(27)19(22,23)24)16(26)10-4-1-2-6-13(10)28-14/h1-2,4,6-8,12,16H,3,5,9H2,(H,25,27)/t12-,16-/m0/s1. The molecule has 2 heterocycles. The Hall–Kier alpha value is -2.12. The molecule has 28 heavy (non-hydrogen) atoms. The fourth-order valence-corrected chi connectivity index (χ4v) is 4.26. The van der Waals surface area contributed by atoms with Crippen LogP contribution in [0.25, 0.3) is 0 Å². The molecule has 4 rings (SSSR count). The fraction of sp³-hybridized carbons (Fsp3) is 0.316. The number of hydrogen-bond donors (Lipinski definition) is 1. The van der Waals surface area contributed by atoms with Crippen molar-refractivity contribution in [3.8, 4) is 11.5 Å². The summed E-state index contributed by atoms with van der Waals surface area (Å²) in [5, 5.41) is 2.73. The highest BCUT2D eigenvalue weighted by Gasteiger charge is 2.44. The number of alkyl halides is 3. The molecule has 2 aliphatic heterocycles. The predicted molar refractivity (Wildman–Crippen MR) is 100 cm³/mol. The van der Waals surface area contributed by atoms with E-state index in [1.54, 1.807) is 36.4 Å². The van der Waals surface area contributed by atoms with Crippen LogP contribution in [0.2, 0.25) is 10.0 Å². The van der Waals surface area contributed by atoms with E-state index in [9.17, 15) is 18.0 Å². The van der Waals surface area contributed by atoms with Gasteiger partial charge in [0.25, 0.3) is 0 Å². The number of nitrogens with zero attached hydrogens (tertiary/aromatic N) is 1. The van der Waals surface area contributed by atoms with Crippen molar-refractivity contribution >= 4 is 34.8 Å². The number of anilines is 1. The number of halogens is 5. The van der Waals surface area contributed by atoms with Crippen LogP contribution in [0.3, 0.4) is 0 Å². The van der Waals surface area contributed by atoms with Crippen molar-refractivity contribution in [2.75, 3.05) is 11.4 Å². The highest BCUT2D eigenvalue weighted by molar-refractivity contribution is 6.44. The van der Waals surface area contributed by atoms with E-state index in [0.29, 0.717) is 47.2 Å². The number of nitrogens with one attached hydrogen (secondary N) is 1. The lowest BCUT2D eigenvalue weighted by Crippen LogP contribution is -2.52. The van der Waals surface area contributed by atoms with Gasteiger partial charge in [-0.2, -0.15) is 13.2 Å². The maximum atomic E-state index is 12.9. The molecule has 0 bridgehead atoms. The first-order valence-corrected chi connectivity index (χ1v) is 9.42. The smallest absolute Gasteiger partial charge is 0.455 e. The molecule has 4 nitrogen and oxygen atoms in total. The molecule has 2 aromatic rings. The number of ether oxygens (including phenoxy) is 1. The number of piperidine rings is 1. The van der Waals surface area contributed by atoms with E-state index in [2.05, 4.69) is 5.32 Å². The van der Waals surface area contributed by atoms with Crippen LogP contribution in [0.1, 0.15) is 24.4 Å². The second-order valence-corrected chi connectivity index (χ2v) is 7.49. The average molecular weight is 431 g/mol. The van der Waals surface area contributed by atoms with Crippen LogP contribution in [0, 0.1) is 0 Å². The van der Waals surface area contributed by atoms with Gasteiger partial charge in [0.2, 0.25) is 0 Å². The van der Waals surface area contributed by atoms with E-state index in [-0.39, 0.29) is 5.02 Å². The van der Waals surface area contributed by atoms with E-state index < -0.39 is 24.2 Å². The van der Waals surface area contributed by atoms with Gasteiger partial charge in [0.15, 0.2) is 5.75 Å². The van der Waals surface area contributed by atoms with Gasteiger partial charge in [-0.05, 0) is 31.0 Å². The molecule has 2 aromatic carbocycles. The summed E-state index contributed by atoms with van der Waals surface area (Å²) in [4.78, 5) is 13.5. The van der Waals surface area contributed by atoms with E-state index in [1.807, 2.05) is 4.90 Å². The van der Waals surface area contributed by atoms with E-state index >= 15 is 0 Å². The number of carbonyl (C=O) groups excluding carboxylic acids is 1. The molecule has 0 spiro atoms. The third-order valence-corrected chi connectivity index (χ3v) is 5.78. The molecule has 148 valence electrons. The average Bonchev–Trinajstić information content (AvgIpc) is 2.79. The molecule has 1 amide bonds. The van der Waals surface area contributed by atoms with Gasteiger partial charge in [-0.25, -0.2) is 0 Å². The van der Waals surface area contributed by atoms with Crippen molar-refractivity contribution in [1.29, 1.82) is 0 Å². The summed E-state index contributed by atoms with van der Waals surface area (Å²) in [5.41, 5.74) is 1.19. The minimum atomic E-state index is -4.96. The Morgan fingerprint density at radius 2 is 1.89 bits per heavy atom. The van der Waals surface area contributed by atoms with Crippen LogP contribution in [-0.2, 0) is 4.79 Å². The van der Waals surface area contributed by atoms with E-state index in [4.69, 9.17) is 27.9 Å². The molecular formula is C19H15Cl2F3N2O2. The van der Waals surface area contributed by atoms with Gasteiger partial charge in [-0.15, -0.1) is 0 Å². The summed E-state index contributed by atoms with van der Waals surface area (Å²) in [6.45, 7) is 0.536. The summed E-state index contributed by atoms with van der Waals surface area (Å²) < 4.78 is 44.6. The van der Waals surface area contributed by atoms with E-state index in [1.165, 1.54) is 0 Å². The Labute approximate surface area is 169 Å². The Balaban J connectivity index is 1.85. The lowest BCUT2D eigenvalue weighted by atomic mass is 9.89. The molecule has 0 aromatic heterocycles. The summed E-state index contributed by atoms with van der Waals surface area (Å²) in [7, 11) is 0. The van der Waals surface area contributed by atoms with Gasteiger partial charge in [-0.1, -0.05) is 41.4 Å². The zero-order valence-corrected chi connectivity index (χ0v) is 15.9. The van der Waals surface area contributed by atoms with Gasteiger partial charge in [0, 0.05) is 12.1 Å². The van der Waals surface area contributed by atoms with Gasteiger partial charge in [-0.3, -0.25) is 4.79 Å². The Morgan fingerprint density at radius 1 is 1.14 bits per heavy atom. The molecule has 0 aliphatic carbocycles. The molecule has 1 saturated heterocycles. The quantitative estimate of drug-likeness (QED) is 0.650. The van der Waals surface area contributed by atoms with Crippen LogP contribution >= 0.6 is 23.2 Å². The third kappa shape index (κ3) is 3.26. The van der Waals surface area contributed by atoms with Crippen LogP contribution in [-0.4, -0.2) is 24.7 Å². The second kappa shape index (κ2) is 7.04. The van der Waals surface area contributed by atoms with Crippen molar-refractivity contribution in [2.24, 2.45) is 0 Å². The molecule has 2 aliphatic rings. The molecule has 1 N–H and O–H groups in total. The fourth-order valence-electron chi connectivity index (χ4n) is 3.84. The second-order valence-electron chi connectivity index (χ2n) is 6.71. The molecule has 0 radical (unpaired) electrons. The highest BCUT2D eigenvalue weighted by Crippen LogP contribution is 2.51. The monoisotopic (exact) mass is 430 g/mol. The number of hydrogen-bond acceptors (Lipinski definition) is 3. The van der Waals surface area contributed by atoms with Gasteiger partial charge >= 0.3 is 12.1 Å². The van der Waals surface area contributed by atoms with Crippen LogP contribution in [0.4, 0.5) is 18.9 Å². The molecule has 0 saturated carbocycles. The van der Waals surface area contributed by atoms with E-state index in [0.717, 1.165) is 0 Å². The molecular weight excluding hydrogens is 416 g/mol. The Bertz CT molecular complexity index is 936. The van der Waals surface area contributed by atoms with Crippen molar-refractivity contribution in [3.05, 3.63) is 52.0 Å². The number of fused-ring (bicyclic) bond motifs is 5. The minimum Gasteiger partial charge on any atom is -0.455 e. The molecule has 2 atom stereocenters. The lowest BCUT2D eigenvalue weighted by Gasteiger charge is -2.42. The number of carbonyl (C=O) groups is 1. The van der Waals surface area contributed by atoms with Gasteiger partial charge in [0.05, 0.1) is 22.1 Å². The largest absolute Gasteiger partial charge is 0.471 e. The summed E-state index contributed by atoms with van der Waals surface area (Å²) >= 11 is 12.6. The normalized spacial score (nSPS) is 21.0. The minimum absolute atomic E-state index is 0.264. The maximum absolute atomic E-state index is 12.9. The highest BCUT2D eigenvalue weighted by atomic mass is 35.5. The summed E-state index contributed by atoms with van der Waals surface area (Å²) in [6, 6.07) is 9.02. The van der Waals surface area contributed by atoms with Crippen molar-refractivity contribution < 1.29 is 22.7 Å². The first-order chi connectivity index (χ1) is 13.3. The maximum Gasteiger partial charge on any atom is 0.471 e. The third-order valence-electron chi connectivity index (χ3n) is 4.98. The lowest BCUT2D eigenvalue weighted by molar-refractivity contribution is -0.174. The molecule has 1 fully saturated rings. The van der Waals surface area contributed by atoms with Crippen molar-refractivity contribution in [3.63, 3.8) is 0 Å². The van der Waals surface area contributed by atoms with Crippen LogP contribution in [0.5, 0.6) is 11.5 Å². The molecule has 0 unspecified atom stereocenters. The topological polar surface area (TPSA) is 41.6 Å². The number of amides is 1. The van der Waals surface area contributed by atoms with Crippen molar-refractivity contribution in [2.45, 2.75) is 31.1 Å². The molecule has 9 heteroatoms. The SMILES string of the molecule is O=C(N[C@H]1CCCN2c3c(ccc(Cl)c3Cl)Oc3ccccc3[C@@H]12)C(F)(F)F. The first-order valence-electron chi connectivity index (χ1n) is 8.66. The van der Waals surface area contributed by atoms with Crippen LogP contribution < -0.4 is 15.0 Å². The number of para-hydroxylation sites is 1. The summed E-state index contributed by atoms with van der Waals surface area (Å²) in [6.07, 6.45) is -3.99. The number of rotatable bonds is 1. The zero-order valence-electron chi connectivity index (χ0n) is 14.4. The Morgan fingerprint density at radius 3 is 2.64 bits per heavy atom. The number of benzene rings is 2. The zero-order chi connectivity index (χ0) is 20.1. The predicted octanol–water partition coefficient (Wildman–Crippen LogP) is 5.49. The Kier molecular flexibility index (Phi) is 4.83. The summed E-state index contributed by atoms with van der Waals surface area (Å²) in [5.74, 6) is -0.991. The van der Waals surface area contributed by atoms with Crippen molar-refractivity contribution in [1.82, 2.24) is 5.32 Å².